The van der Waals surface area contributed by atoms with Crippen LogP contribution in [0.25, 0.3) is 0 Å². The maximum atomic E-state index is 12.1. The summed E-state index contributed by atoms with van der Waals surface area (Å²) < 4.78 is 25.6. The number of likely N-dealkylation sites (N-methyl/N-ethyl adjacent to an activating group) is 1. The number of carboxylic acid groups (broad SMARTS) is 1. The van der Waals surface area contributed by atoms with Gasteiger partial charge in [-0.2, -0.15) is 0 Å². The Balaban J connectivity index is 2.03. The minimum absolute atomic E-state index is 0.288. The quantitative estimate of drug-likeness (QED) is 0.779. The zero-order valence-corrected chi connectivity index (χ0v) is 11.4. The number of aliphatic carboxylic acids is 1. The molecule has 0 aromatic carbocycles. The van der Waals surface area contributed by atoms with Crippen LogP contribution in [0, 0.1) is 0 Å². The van der Waals surface area contributed by atoms with Crippen molar-refractivity contribution in [3.05, 3.63) is 0 Å². The Morgan fingerprint density at radius 1 is 1.28 bits per heavy atom. The second kappa shape index (κ2) is 5.14. The number of nitrogens with zero attached hydrogens (tertiary/aromatic N) is 2. The number of fused-ring (bicyclic) bond motifs is 2. The van der Waals surface area contributed by atoms with Gasteiger partial charge in [-0.15, -0.1) is 0 Å². The molecule has 2 bridgehead atoms. The molecule has 7 heteroatoms. The molecule has 2 aliphatic heterocycles. The van der Waals surface area contributed by atoms with Crippen molar-refractivity contribution in [1.29, 1.82) is 0 Å². The molecular weight excluding hydrogens is 256 g/mol. The number of hydrogen-bond acceptors (Lipinski definition) is 4. The van der Waals surface area contributed by atoms with Gasteiger partial charge in [-0.1, -0.05) is 0 Å². The Bertz CT molecular complexity index is 423. The van der Waals surface area contributed by atoms with Gasteiger partial charge in [-0.3, -0.25) is 9.69 Å². The molecule has 18 heavy (non-hydrogen) atoms. The maximum Gasteiger partial charge on any atom is 0.304 e. The molecule has 0 aromatic rings. The molecule has 2 rings (SSSR count). The van der Waals surface area contributed by atoms with Crippen LogP contribution in [0.3, 0.4) is 0 Å². The van der Waals surface area contributed by atoms with E-state index in [2.05, 4.69) is 11.9 Å². The van der Waals surface area contributed by atoms with Gasteiger partial charge in [0, 0.05) is 25.2 Å². The molecule has 2 aliphatic rings. The van der Waals surface area contributed by atoms with Crippen molar-refractivity contribution in [3.8, 4) is 0 Å². The Labute approximate surface area is 108 Å². The van der Waals surface area contributed by atoms with Gasteiger partial charge in [0.2, 0.25) is 10.0 Å². The SMILES string of the molecule is CN1C2CCC1CN(S(=O)(=O)CCC(=O)O)CC2. The van der Waals surface area contributed by atoms with Gasteiger partial charge in [0.1, 0.15) is 0 Å². The van der Waals surface area contributed by atoms with Gasteiger partial charge < -0.3 is 5.11 Å². The molecule has 0 spiro atoms. The molecule has 2 unspecified atom stereocenters. The highest BCUT2D eigenvalue weighted by Gasteiger charge is 2.38. The summed E-state index contributed by atoms with van der Waals surface area (Å²) in [5, 5.41) is 8.59. The van der Waals surface area contributed by atoms with Crippen LogP contribution in [0.1, 0.15) is 25.7 Å². The fourth-order valence-corrected chi connectivity index (χ4v) is 4.35. The van der Waals surface area contributed by atoms with Gasteiger partial charge in [0.25, 0.3) is 0 Å². The Morgan fingerprint density at radius 2 is 1.94 bits per heavy atom. The molecule has 2 heterocycles. The lowest BCUT2D eigenvalue weighted by atomic mass is 10.1. The molecule has 2 fully saturated rings. The van der Waals surface area contributed by atoms with E-state index < -0.39 is 16.0 Å². The molecule has 0 radical (unpaired) electrons. The highest BCUT2D eigenvalue weighted by atomic mass is 32.2. The highest BCUT2D eigenvalue weighted by molar-refractivity contribution is 7.89. The largest absolute Gasteiger partial charge is 0.481 e. The maximum absolute atomic E-state index is 12.1. The van der Waals surface area contributed by atoms with Crippen molar-refractivity contribution in [2.45, 2.75) is 37.8 Å². The molecule has 2 saturated heterocycles. The standard InChI is InChI=1S/C11H20N2O4S/c1-12-9-2-3-10(12)8-13(6-4-9)18(16,17)7-5-11(14)15/h9-10H,2-8H2,1H3,(H,14,15). The molecule has 104 valence electrons. The van der Waals surface area contributed by atoms with Crippen LogP contribution in [0.4, 0.5) is 0 Å². The Hall–Kier alpha value is -0.660. The zero-order chi connectivity index (χ0) is 13.3. The van der Waals surface area contributed by atoms with E-state index in [0.29, 0.717) is 19.1 Å². The van der Waals surface area contributed by atoms with E-state index in [1.807, 2.05) is 0 Å². The second-order valence-corrected chi connectivity index (χ2v) is 7.25. The first kappa shape index (κ1) is 13.8. The number of carboxylic acids is 1. The van der Waals surface area contributed by atoms with Gasteiger partial charge in [-0.05, 0) is 26.3 Å². The normalized spacial score (nSPS) is 30.3. The molecule has 0 amide bonds. The third kappa shape index (κ3) is 2.84. The average molecular weight is 276 g/mol. The van der Waals surface area contributed by atoms with Crippen LogP contribution in [-0.2, 0) is 14.8 Å². The average Bonchev–Trinajstić information content (AvgIpc) is 2.50. The lowest BCUT2D eigenvalue weighted by Gasteiger charge is -2.25. The highest BCUT2D eigenvalue weighted by Crippen LogP contribution is 2.29. The fraction of sp³-hybridized carbons (Fsp3) is 0.909. The van der Waals surface area contributed by atoms with E-state index in [4.69, 9.17) is 5.11 Å². The van der Waals surface area contributed by atoms with Crippen LogP contribution < -0.4 is 0 Å². The molecule has 0 aliphatic carbocycles. The van der Waals surface area contributed by atoms with Crippen LogP contribution >= 0.6 is 0 Å². The number of sulfonamides is 1. The zero-order valence-electron chi connectivity index (χ0n) is 10.6. The van der Waals surface area contributed by atoms with Crippen molar-refractivity contribution in [2.75, 3.05) is 25.9 Å². The van der Waals surface area contributed by atoms with Crippen LogP contribution in [0.2, 0.25) is 0 Å². The first-order chi connectivity index (χ1) is 8.40. The van der Waals surface area contributed by atoms with Crippen molar-refractivity contribution >= 4 is 16.0 Å². The van der Waals surface area contributed by atoms with Crippen LogP contribution in [-0.4, -0.2) is 66.7 Å². The number of carbonyl (C=O) groups is 1. The second-order valence-electron chi connectivity index (χ2n) is 5.16. The van der Waals surface area contributed by atoms with Crippen LogP contribution in [0.15, 0.2) is 0 Å². The summed E-state index contributed by atoms with van der Waals surface area (Å²) in [5.74, 6) is -1.35. The van der Waals surface area contributed by atoms with Gasteiger partial charge in [0.05, 0.1) is 12.2 Å². The van der Waals surface area contributed by atoms with E-state index >= 15 is 0 Å². The molecule has 0 aromatic heterocycles. The van der Waals surface area contributed by atoms with Gasteiger partial charge in [-0.25, -0.2) is 12.7 Å². The van der Waals surface area contributed by atoms with Gasteiger partial charge >= 0.3 is 5.97 Å². The summed E-state index contributed by atoms with van der Waals surface area (Å²) in [7, 11) is -1.37. The molecular formula is C11H20N2O4S. The molecule has 6 nitrogen and oxygen atoms in total. The minimum Gasteiger partial charge on any atom is -0.481 e. The lowest BCUT2D eigenvalue weighted by molar-refractivity contribution is -0.136. The summed E-state index contributed by atoms with van der Waals surface area (Å²) in [6, 6.07) is 0.770. The van der Waals surface area contributed by atoms with E-state index in [0.717, 1.165) is 19.3 Å². The molecule has 0 saturated carbocycles. The smallest absolute Gasteiger partial charge is 0.304 e. The van der Waals surface area contributed by atoms with E-state index in [9.17, 15) is 13.2 Å². The van der Waals surface area contributed by atoms with Crippen LogP contribution in [0.5, 0.6) is 0 Å². The summed E-state index contributed by atoms with van der Waals surface area (Å²) in [4.78, 5) is 12.8. The van der Waals surface area contributed by atoms with E-state index in [-0.39, 0.29) is 18.2 Å². The van der Waals surface area contributed by atoms with Gasteiger partial charge in [0.15, 0.2) is 0 Å². The predicted octanol–water partition coefficient (Wildman–Crippen LogP) is -0.0406. The third-order valence-corrected chi connectivity index (χ3v) is 5.92. The van der Waals surface area contributed by atoms with Crippen molar-refractivity contribution in [1.82, 2.24) is 9.21 Å². The summed E-state index contributed by atoms with van der Waals surface area (Å²) in [6.07, 6.45) is 2.71. The lowest BCUT2D eigenvalue weighted by Crippen LogP contribution is -2.40. The topological polar surface area (TPSA) is 77.9 Å². The monoisotopic (exact) mass is 276 g/mol. The first-order valence-electron chi connectivity index (χ1n) is 6.31. The molecule has 1 N–H and O–H groups in total. The van der Waals surface area contributed by atoms with Crippen molar-refractivity contribution in [3.63, 3.8) is 0 Å². The van der Waals surface area contributed by atoms with Crippen molar-refractivity contribution in [2.24, 2.45) is 0 Å². The number of hydrogen-bond donors (Lipinski definition) is 1. The minimum atomic E-state index is -3.42. The summed E-state index contributed by atoms with van der Waals surface area (Å²) in [6.45, 7) is 1.03. The predicted molar refractivity (Wildman–Crippen MR) is 66.8 cm³/mol. The fourth-order valence-electron chi connectivity index (χ4n) is 2.88. The summed E-state index contributed by atoms with van der Waals surface area (Å²) in [5.41, 5.74) is 0. The molecule has 2 atom stereocenters. The summed E-state index contributed by atoms with van der Waals surface area (Å²) >= 11 is 0. The number of rotatable bonds is 4. The van der Waals surface area contributed by atoms with Crippen molar-refractivity contribution < 1.29 is 18.3 Å². The van der Waals surface area contributed by atoms with E-state index in [1.165, 1.54) is 4.31 Å². The third-order valence-electron chi connectivity index (χ3n) is 4.08. The first-order valence-corrected chi connectivity index (χ1v) is 7.92. The van der Waals surface area contributed by atoms with E-state index in [1.54, 1.807) is 0 Å². The Kier molecular flexibility index (Phi) is 3.93. The Morgan fingerprint density at radius 3 is 2.61 bits per heavy atom.